The van der Waals surface area contributed by atoms with Gasteiger partial charge >= 0.3 is 5.69 Å². The predicted molar refractivity (Wildman–Crippen MR) is 149 cm³/mol. The van der Waals surface area contributed by atoms with Crippen molar-refractivity contribution in [3.8, 4) is 11.5 Å². The van der Waals surface area contributed by atoms with E-state index in [9.17, 15) is 19.8 Å². The smallest absolute Gasteiger partial charge is 0.330 e. The molecule has 1 unspecified atom stereocenters. The van der Waals surface area contributed by atoms with E-state index in [1.807, 2.05) is 78.9 Å². The number of ether oxygens (including phenoxy) is 3. The van der Waals surface area contributed by atoms with Crippen molar-refractivity contribution < 1.29 is 24.4 Å². The summed E-state index contributed by atoms with van der Waals surface area (Å²) < 4.78 is 17.9. The molecule has 1 saturated heterocycles. The second-order valence-corrected chi connectivity index (χ2v) is 9.92. The molecule has 5 rings (SSSR count). The van der Waals surface area contributed by atoms with Crippen LogP contribution in [0.4, 0.5) is 0 Å². The normalized spacial score (nSPS) is 19.8. The lowest BCUT2D eigenvalue weighted by Gasteiger charge is -2.42. The summed E-state index contributed by atoms with van der Waals surface area (Å²) in [7, 11) is 3.20. The topological polar surface area (TPSA) is 123 Å². The first-order chi connectivity index (χ1) is 19.3. The highest BCUT2D eigenvalue weighted by Crippen LogP contribution is 2.50. The average Bonchev–Trinajstić information content (AvgIpc) is 3.37. The molecule has 9 nitrogen and oxygen atoms in total. The number of nitrogens with zero attached hydrogens (tertiary/aromatic N) is 1. The molecule has 9 heteroatoms. The van der Waals surface area contributed by atoms with Crippen molar-refractivity contribution in [1.29, 1.82) is 0 Å². The molecular weight excluding hydrogens is 512 g/mol. The first-order valence-corrected chi connectivity index (χ1v) is 13.0. The zero-order valence-corrected chi connectivity index (χ0v) is 22.5. The van der Waals surface area contributed by atoms with Crippen LogP contribution in [0.25, 0.3) is 0 Å². The number of aromatic amines is 1. The molecule has 3 aromatic carbocycles. The lowest BCUT2D eigenvalue weighted by molar-refractivity contribution is -0.0835. The summed E-state index contributed by atoms with van der Waals surface area (Å²) in [6.07, 6.45) is -2.62. The molecule has 1 aliphatic heterocycles. The first kappa shape index (κ1) is 27.4. The number of aryl methyl sites for hydroxylation is 1. The van der Waals surface area contributed by atoms with Crippen molar-refractivity contribution in [2.45, 2.75) is 30.8 Å². The summed E-state index contributed by atoms with van der Waals surface area (Å²) in [4.78, 5) is 26.6. The van der Waals surface area contributed by atoms with Crippen molar-refractivity contribution in [3.05, 3.63) is 128 Å². The highest BCUT2D eigenvalue weighted by Gasteiger charge is 2.54. The number of aromatic nitrogens is 2. The Morgan fingerprint density at radius 2 is 1.43 bits per heavy atom. The van der Waals surface area contributed by atoms with Crippen LogP contribution in [-0.4, -0.2) is 52.8 Å². The number of H-pyrrole nitrogens is 1. The van der Waals surface area contributed by atoms with Gasteiger partial charge in [-0.25, -0.2) is 4.79 Å². The van der Waals surface area contributed by atoms with Gasteiger partial charge in [0.05, 0.1) is 32.3 Å². The minimum absolute atomic E-state index is 0.0763. The molecule has 208 valence electrons. The number of benzene rings is 3. The lowest BCUT2D eigenvalue weighted by Crippen LogP contribution is -2.47. The van der Waals surface area contributed by atoms with Gasteiger partial charge < -0.3 is 24.4 Å². The summed E-state index contributed by atoms with van der Waals surface area (Å²) >= 11 is 0. The Kier molecular flexibility index (Phi) is 7.62. The van der Waals surface area contributed by atoms with Crippen molar-refractivity contribution in [1.82, 2.24) is 9.55 Å². The maximum absolute atomic E-state index is 12.5. The average molecular weight is 545 g/mol. The summed E-state index contributed by atoms with van der Waals surface area (Å²) in [6, 6.07) is 25.1. The largest absolute Gasteiger partial charge is 0.497 e. The maximum Gasteiger partial charge on any atom is 0.330 e. The molecule has 0 radical (unpaired) electrons. The van der Waals surface area contributed by atoms with Crippen LogP contribution < -0.4 is 20.7 Å². The fourth-order valence-electron chi connectivity index (χ4n) is 5.78. The van der Waals surface area contributed by atoms with E-state index in [1.165, 1.54) is 13.1 Å². The van der Waals surface area contributed by atoms with Crippen LogP contribution in [0.3, 0.4) is 0 Å². The van der Waals surface area contributed by atoms with Gasteiger partial charge in [0.2, 0.25) is 0 Å². The van der Waals surface area contributed by atoms with Gasteiger partial charge in [-0.2, -0.15) is 0 Å². The summed E-state index contributed by atoms with van der Waals surface area (Å²) in [6.45, 7) is 1.61. The van der Waals surface area contributed by atoms with Gasteiger partial charge in [-0.15, -0.1) is 0 Å². The van der Waals surface area contributed by atoms with Crippen LogP contribution in [0.2, 0.25) is 0 Å². The molecular formula is C31H32N2O7. The number of hydrogen-bond donors (Lipinski definition) is 3. The Hall–Kier alpha value is -4.18. The van der Waals surface area contributed by atoms with Crippen LogP contribution in [0, 0.1) is 12.8 Å². The third-order valence-corrected chi connectivity index (χ3v) is 7.82. The van der Waals surface area contributed by atoms with Crippen molar-refractivity contribution >= 4 is 0 Å². The van der Waals surface area contributed by atoms with E-state index in [1.54, 1.807) is 14.2 Å². The summed E-state index contributed by atoms with van der Waals surface area (Å²) in [5.74, 6) is 0.783. The number of aliphatic hydroxyl groups is 2. The van der Waals surface area contributed by atoms with Crippen LogP contribution in [-0.2, 0) is 10.2 Å². The second-order valence-electron chi connectivity index (χ2n) is 9.92. The Morgan fingerprint density at radius 3 is 1.95 bits per heavy atom. The van der Waals surface area contributed by atoms with E-state index >= 15 is 0 Å². The zero-order valence-electron chi connectivity index (χ0n) is 22.5. The molecule has 0 saturated carbocycles. The summed E-state index contributed by atoms with van der Waals surface area (Å²) in [5, 5.41) is 23.1. The number of methoxy groups -OCH3 is 2. The van der Waals surface area contributed by atoms with Crippen LogP contribution >= 0.6 is 0 Å². The molecule has 1 aliphatic rings. The van der Waals surface area contributed by atoms with Crippen molar-refractivity contribution in [3.63, 3.8) is 0 Å². The lowest BCUT2D eigenvalue weighted by atomic mass is 9.60. The van der Waals surface area contributed by atoms with Crippen LogP contribution in [0.15, 0.2) is 94.6 Å². The van der Waals surface area contributed by atoms with Crippen LogP contribution in [0.1, 0.15) is 28.5 Å². The van der Waals surface area contributed by atoms with E-state index in [0.717, 1.165) is 21.3 Å². The molecule has 40 heavy (non-hydrogen) atoms. The molecule has 1 aromatic heterocycles. The van der Waals surface area contributed by atoms with Gasteiger partial charge in [0, 0.05) is 17.7 Å². The molecule has 0 amide bonds. The van der Waals surface area contributed by atoms with E-state index in [-0.39, 0.29) is 12.2 Å². The van der Waals surface area contributed by atoms with Gasteiger partial charge in [-0.1, -0.05) is 54.6 Å². The minimum atomic E-state index is -1.54. The number of hydrogen-bond acceptors (Lipinski definition) is 7. The van der Waals surface area contributed by atoms with Crippen LogP contribution in [0.5, 0.6) is 11.5 Å². The molecule has 4 aromatic rings. The third-order valence-electron chi connectivity index (χ3n) is 7.82. The summed E-state index contributed by atoms with van der Waals surface area (Å²) in [5.41, 5.74) is 0.653. The Labute approximate surface area is 231 Å². The van der Waals surface area contributed by atoms with Crippen molar-refractivity contribution in [2.75, 3.05) is 20.8 Å². The zero-order chi connectivity index (χ0) is 28.4. The highest BCUT2D eigenvalue weighted by atomic mass is 16.5. The minimum Gasteiger partial charge on any atom is -0.497 e. The molecule has 0 aliphatic carbocycles. The molecule has 0 spiro atoms. The fraction of sp³-hybridized carbons (Fsp3) is 0.290. The third kappa shape index (κ3) is 4.62. The van der Waals surface area contributed by atoms with Gasteiger partial charge in [-0.05, 0) is 47.9 Å². The molecule has 2 heterocycles. The molecule has 0 bridgehead atoms. The quantitative estimate of drug-likeness (QED) is 0.292. The van der Waals surface area contributed by atoms with Gasteiger partial charge in [0.1, 0.15) is 17.6 Å². The highest BCUT2D eigenvalue weighted by molar-refractivity contribution is 5.54. The Bertz CT molecular complexity index is 1520. The number of nitrogens with one attached hydrogen (secondary N) is 1. The van der Waals surface area contributed by atoms with E-state index in [2.05, 4.69) is 4.98 Å². The first-order valence-electron chi connectivity index (χ1n) is 13.0. The Balaban J connectivity index is 1.69. The number of aliphatic hydroxyl groups excluding tert-OH is 2. The predicted octanol–water partition coefficient (Wildman–Crippen LogP) is 2.76. The molecule has 1 fully saturated rings. The fourth-order valence-corrected chi connectivity index (χ4v) is 5.78. The van der Waals surface area contributed by atoms with E-state index in [0.29, 0.717) is 11.5 Å². The molecule has 4 atom stereocenters. The second kappa shape index (κ2) is 11.1. The maximum atomic E-state index is 12.5. The SMILES string of the molecule is COc1ccc(C(c2ccccc2)(c2ccc(OC)cc2)[C@H]2CO[C@H](C(O)n3cc(C)c(=O)[nH]c3=O)[C@@H]2O)cc1. The van der Waals surface area contributed by atoms with E-state index < -0.39 is 41.0 Å². The van der Waals surface area contributed by atoms with E-state index in [4.69, 9.17) is 14.2 Å². The van der Waals surface area contributed by atoms with Gasteiger partial charge in [0.15, 0.2) is 6.23 Å². The molecule has 3 N–H and O–H groups in total. The Morgan fingerprint density at radius 1 is 0.900 bits per heavy atom. The standard InChI is InChI=1S/C31H32N2O7/c1-19-17-33(30(37)32-28(19)35)29(36)27-26(34)25(18-40-27)31(20-7-5-4-6-8-20,21-9-13-23(38-2)14-10-21)22-11-15-24(39-3)16-12-22/h4-17,25-27,29,34,36H,18H2,1-3H3,(H,32,35,37)/t25-,26+,27-,29?/m0/s1. The monoisotopic (exact) mass is 544 g/mol. The van der Waals surface area contributed by atoms with Crippen molar-refractivity contribution in [2.24, 2.45) is 5.92 Å². The van der Waals surface area contributed by atoms with Gasteiger partial charge in [0.25, 0.3) is 5.56 Å². The number of rotatable bonds is 8. The van der Waals surface area contributed by atoms with Gasteiger partial charge in [-0.3, -0.25) is 14.3 Å².